The van der Waals surface area contributed by atoms with Gasteiger partial charge in [-0.2, -0.15) is 5.26 Å². The average molecular weight is 266 g/mol. The Morgan fingerprint density at radius 3 is 2.73 bits per heavy atom. The number of nitriles is 1. The van der Waals surface area contributed by atoms with Crippen LogP contribution in [-0.4, -0.2) is 12.1 Å². The van der Waals surface area contributed by atoms with Crippen LogP contribution in [0.15, 0.2) is 22.7 Å². The molecule has 3 nitrogen and oxygen atoms in total. The van der Waals surface area contributed by atoms with Gasteiger partial charge in [-0.05, 0) is 47.0 Å². The Bertz CT molecular complexity index is 405. The predicted octanol–water partition coefficient (Wildman–Crippen LogP) is 2.22. The van der Waals surface area contributed by atoms with Crippen LogP contribution in [0, 0.1) is 11.3 Å². The minimum atomic E-state index is 0.351. The van der Waals surface area contributed by atoms with Crippen molar-refractivity contribution in [2.45, 2.75) is 24.9 Å². The summed E-state index contributed by atoms with van der Waals surface area (Å²) in [6.07, 6.45) is 2.05. The number of nitrogens with two attached hydrogens (primary N) is 1. The fraction of sp³-hybridized carbons (Fsp3) is 0.364. The minimum absolute atomic E-state index is 0.351. The van der Waals surface area contributed by atoms with Gasteiger partial charge in [0.1, 0.15) is 6.07 Å². The summed E-state index contributed by atoms with van der Waals surface area (Å²) in [4.78, 5) is 0. The van der Waals surface area contributed by atoms with E-state index in [1.807, 2.05) is 18.2 Å². The Labute approximate surface area is 97.4 Å². The van der Waals surface area contributed by atoms with Crippen LogP contribution < -0.4 is 11.1 Å². The molecule has 1 fully saturated rings. The van der Waals surface area contributed by atoms with E-state index in [0.29, 0.717) is 17.6 Å². The van der Waals surface area contributed by atoms with Gasteiger partial charge in [-0.1, -0.05) is 0 Å². The van der Waals surface area contributed by atoms with Gasteiger partial charge < -0.3 is 11.1 Å². The molecule has 0 aromatic heterocycles. The fourth-order valence-electron chi connectivity index (χ4n) is 1.71. The number of hydrogen-bond donors (Lipinski definition) is 2. The molecule has 0 atom stereocenters. The second-order valence-corrected chi connectivity index (χ2v) is 4.73. The Morgan fingerprint density at radius 1 is 1.47 bits per heavy atom. The maximum absolute atomic E-state index is 8.77. The standard InChI is InChI=1S/C11H12BrN3/c12-11-5-9(2-1-7(11)6-13)15-10-3-8(14)4-10/h1-2,5,8,10,15H,3-4,14H2. The SMILES string of the molecule is N#Cc1ccc(NC2CC(N)C2)cc1Br. The highest BCUT2D eigenvalue weighted by Crippen LogP contribution is 2.25. The molecule has 1 aliphatic carbocycles. The topological polar surface area (TPSA) is 61.8 Å². The lowest BCUT2D eigenvalue weighted by atomic mass is 9.87. The number of hydrogen-bond acceptors (Lipinski definition) is 3. The summed E-state index contributed by atoms with van der Waals surface area (Å²) in [5.74, 6) is 0. The average Bonchev–Trinajstić information content (AvgIpc) is 2.16. The number of anilines is 1. The lowest BCUT2D eigenvalue weighted by Crippen LogP contribution is -2.44. The molecule has 0 bridgehead atoms. The van der Waals surface area contributed by atoms with E-state index >= 15 is 0 Å². The zero-order valence-electron chi connectivity index (χ0n) is 8.20. The highest BCUT2D eigenvalue weighted by molar-refractivity contribution is 9.10. The second-order valence-electron chi connectivity index (χ2n) is 3.88. The first-order chi connectivity index (χ1) is 7.19. The predicted molar refractivity (Wildman–Crippen MR) is 63.5 cm³/mol. The van der Waals surface area contributed by atoms with Crippen LogP contribution >= 0.6 is 15.9 Å². The van der Waals surface area contributed by atoms with Crippen molar-refractivity contribution in [3.8, 4) is 6.07 Å². The van der Waals surface area contributed by atoms with E-state index in [0.717, 1.165) is 23.0 Å². The second kappa shape index (κ2) is 4.21. The van der Waals surface area contributed by atoms with E-state index in [2.05, 4.69) is 27.3 Å². The van der Waals surface area contributed by atoms with Crippen molar-refractivity contribution in [3.05, 3.63) is 28.2 Å². The molecule has 1 saturated carbocycles. The molecule has 1 aromatic rings. The van der Waals surface area contributed by atoms with Gasteiger partial charge in [0.2, 0.25) is 0 Å². The van der Waals surface area contributed by atoms with Gasteiger partial charge in [0.15, 0.2) is 0 Å². The summed E-state index contributed by atoms with van der Waals surface area (Å²) in [5.41, 5.74) is 7.40. The van der Waals surface area contributed by atoms with Crippen LogP contribution in [0.4, 0.5) is 5.69 Å². The molecule has 4 heteroatoms. The monoisotopic (exact) mass is 265 g/mol. The van der Waals surface area contributed by atoms with Gasteiger partial charge in [0, 0.05) is 22.2 Å². The molecule has 0 amide bonds. The molecule has 1 aromatic carbocycles. The van der Waals surface area contributed by atoms with Crippen LogP contribution in [0.25, 0.3) is 0 Å². The number of nitrogens with zero attached hydrogens (tertiary/aromatic N) is 1. The molecule has 78 valence electrons. The van der Waals surface area contributed by atoms with Crippen LogP contribution in [0.5, 0.6) is 0 Å². The molecule has 15 heavy (non-hydrogen) atoms. The number of nitrogens with one attached hydrogen (secondary N) is 1. The molecule has 0 unspecified atom stereocenters. The van der Waals surface area contributed by atoms with Crippen molar-refractivity contribution in [1.82, 2.24) is 0 Å². The number of rotatable bonds is 2. The van der Waals surface area contributed by atoms with Crippen molar-refractivity contribution >= 4 is 21.6 Å². The molecule has 0 saturated heterocycles. The van der Waals surface area contributed by atoms with E-state index in [-0.39, 0.29) is 0 Å². The first kappa shape index (κ1) is 10.5. The zero-order chi connectivity index (χ0) is 10.8. The van der Waals surface area contributed by atoms with Crippen molar-refractivity contribution in [1.29, 1.82) is 5.26 Å². The van der Waals surface area contributed by atoms with Gasteiger partial charge in [-0.3, -0.25) is 0 Å². The van der Waals surface area contributed by atoms with Gasteiger partial charge in [-0.25, -0.2) is 0 Å². The van der Waals surface area contributed by atoms with Crippen molar-refractivity contribution in [2.24, 2.45) is 5.73 Å². The Morgan fingerprint density at radius 2 is 2.20 bits per heavy atom. The van der Waals surface area contributed by atoms with Crippen molar-refractivity contribution in [2.75, 3.05) is 5.32 Å². The molecule has 0 aliphatic heterocycles. The summed E-state index contributed by atoms with van der Waals surface area (Å²) in [7, 11) is 0. The normalized spacial score (nSPS) is 24.1. The largest absolute Gasteiger partial charge is 0.382 e. The van der Waals surface area contributed by atoms with Gasteiger partial charge in [0.25, 0.3) is 0 Å². The minimum Gasteiger partial charge on any atom is -0.382 e. The van der Waals surface area contributed by atoms with E-state index in [9.17, 15) is 0 Å². The first-order valence-corrected chi connectivity index (χ1v) is 5.70. The maximum Gasteiger partial charge on any atom is 0.100 e. The van der Waals surface area contributed by atoms with E-state index in [1.54, 1.807) is 0 Å². The quantitative estimate of drug-likeness (QED) is 0.862. The van der Waals surface area contributed by atoms with Crippen molar-refractivity contribution < 1.29 is 0 Å². The highest BCUT2D eigenvalue weighted by atomic mass is 79.9. The van der Waals surface area contributed by atoms with Gasteiger partial charge >= 0.3 is 0 Å². The van der Waals surface area contributed by atoms with Crippen molar-refractivity contribution in [3.63, 3.8) is 0 Å². The molecular formula is C11H12BrN3. The van der Waals surface area contributed by atoms with E-state index < -0.39 is 0 Å². The van der Waals surface area contributed by atoms with Crippen LogP contribution in [-0.2, 0) is 0 Å². The van der Waals surface area contributed by atoms with E-state index in [4.69, 9.17) is 11.0 Å². The molecule has 0 radical (unpaired) electrons. The summed E-state index contributed by atoms with van der Waals surface area (Å²) >= 11 is 3.36. The third kappa shape index (κ3) is 2.31. The van der Waals surface area contributed by atoms with E-state index in [1.165, 1.54) is 0 Å². The van der Waals surface area contributed by atoms with Gasteiger partial charge in [0.05, 0.1) is 5.56 Å². The summed E-state index contributed by atoms with van der Waals surface area (Å²) in [6.45, 7) is 0. The summed E-state index contributed by atoms with van der Waals surface area (Å²) in [5, 5.41) is 12.1. The highest BCUT2D eigenvalue weighted by Gasteiger charge is 2.25. The number of halogens is 1. The Hall–Kier alpha value is -1.05. The molecule has 2 rings (SSSR count). The lowest BCUT2D eigenvalue weighted by Gasteiger charge is -2.33. The van der Waals surface area contributed by atoms with Crippen LogP contribution in [0.3, 0.4) is 0 Å². The fourth-order valence-corrected chi connectivity index (χ4v) is 2.18. The number of benzene rings is 1. The summed E-state index contributed by atoms with van der Waals surface area (Å²) < 4.78 is 0.832. The molecule has 3 N–H and O–H groups in total. The first-order valence-electron chi connectivity index (χ1n) is 4.91. The molecule has 0 heterocycles. The Balaban J connectivity index is 2.04. The molecular weight excluding hydrogens is 254 g/mol. The third-order valence-corrected chi connectivity index (χ3v) is 3.29. The van der Waals surface area contributed by atoms with Gasteiger partial charge in [-0.15, -0.1) is 0 Å². The Kier molecular flexibility index (Phi) is 2.94. The smallest absolute Gasteiger partial charge is 0.100 e. The maximum atomic E-state index is 8.77. The summed E-state index contributed by atoms with van der Waals surface area (Å²) in [6, 6.07) is 8.62. The van der Waals surface area contributed by atoms with Crippen LogP contribution in [0.2, 0.25) is 0 Å². The van der Waals surface area contributed by atoms with Crippen LogP contribution in [0.1, 0.15) is 18.4 Å². The molecule has 0 spiro atoms. The molecule has 1 aliphatic rings. The lowest BCUT2D eigenvalue weighted by molar-refractivity contribution is 0.373. The third-order valence-electron chi connectivity index (χ3n) is 2.63. The zero-order valence-corrected chi connectivity index (χ0v) is 9.79.